The zero-order valence-electron chi connectivity index (χ0n) is 8.68. The second-order valence-corrected chi connectivity index (χ2v) is 4.45. The van der Waals surface area contributed by atoms with Crippen LogP contribution in [0.25, 0.3) is 11.2 Å². The largest absolute Gasteiger partial charge is 0.396 e. The van der Waals surface area contributed by atoms with E-state index < -0.39 is 0 Å². The minimum Gasteiger partial charge on any atom is -0.396 e. The number of thioether (sulfide) groups is 1. The van der Waals surface area contributed by atoms with Crippen LogP contribution in [0, 0.1) is 5.41 Å². The monoisotopic (exact) mass is 239 g/mol. The highest BCUT2D eigenvalue weighted by atomic mass is 32.2. The third kappa shape index (κ3) is 2.25. The van der Waals surface area contributed by atoms with Crippen LogP contribution < -0.4 is 5.49 Å². The maximum atomic E-state index is 8.64. The van der Waals surface area contributed by atoms with Gasteiger partial charge >= 0.3 is 0 Å². The maximum Gasteiger partial charge on any atom is 0.182 e. The number of aromatic nitrogens is 4. The fraction of sp³-hybridized carbons (Fsp3) is 0.444. The first-order valence-electron chi connectivity index (χ1n) is 4.94. The molecule has 0 saturated heterocycles. The molecule has 2 rings (SSSR count). The molecule has 16 heavy (non-hydrogen) atoms. The van der Waals surface area contributed by atoms with Crippen LogP contribution in [-0.4, -0.2) is 42.7 Å². The average molecular weight is 239 g/mol. The second-order valence-electron chi connectivity index (χ2n) is 3.22. The molecule has 0 atom stereocenters. The summed E-state index contributed by atoms with van der Waals surface area (Å²) in [6.07, 6.45) is 3.17. The molecule has 2 heterocycles. The summed E-state index contributed by atoms with van der Waals surface area (Å²) in [5.41, 5.74) is 1.63. The molecule has 0 bridgehead atoms. The van der Waals surface area contributed by atoms with Crippen molar-refractivity contribution in [2.75, 3.05) is 18.1 Å². The number of aliphatic hydroxyl groups excluding tert-OH is 1. The van der Waals surface area contributed by atoms with Crippen LogP contribution in [0.2, 0.25) is 0 Å². The fourth-order valence-electron chi connectivity index (χ4n) is 1.38. The van der Waals surface area contributed by atoms with E-state index in [2.05, 4.69) is 15.0 Å². The second kappa shape index (κ2) is 5.13. The fourth-order valence-corrected chi connectivity index (χ4v) is 2.04. The van der Waals surface area contributed by atoms with Crippen LogP contribution in [0.4, 0.5) is 0 Å². The van der Waals surface area contributed by atoms with E-state index in [-0.39, 0.29) is 6.61 Å². The minimum atomic E-state index is 0.195. The number of imidazole rings is 1. The summed E-state index contributed by atoms with van der Waals surface area (Å²) in [4.78, 5) is 11.0. The Morgan fingerprint density at radius 2 is 2.31 bits per heavy atom. The van der Waals surface area contributed by atoms with Gasteiger partial charge in [0.2, 0.25) is 0 Å². The zero-order valence-corrected chi connectivity index (χ0v) is 9.50. The Kier molecular flexibility index (Phi) is 3.58. The molecule has 0 unspecified atom stereocenters. The van der Waals surface area contributed by atoms with Gasteiger partial charge in [-0.3, -0.25) is 5.41 Å². The van der Waals surface area contributed by atoms with Crippen LogP contribution in [0.3, 0.4) is 0 Å². The molecule has 0 aliphatic rings. The summed E-state index contributed by atoms with van der Waals surface area (Å²) in [5.74, 6) is 1.59. The van der Waals surface area contributed by atoms with Gasteiger partial charge in [-0.05, 0) is 0 Å². The third-order valence-corrected chi connectivity index (χ3v) is 3.12. The molecular formula is C9H13N5OS. The number of nitrogens with zero attached hydrogens (tertiary/aromatic N) is 3. The summed E-state index contributed by atoms with van der Waals surface area (Å²) >= 11 is 1.66. The number of aromatic amines is 1. The van der Waals surface area contributed by atoms with Crippen LogP contribution in [0.1, 0.15) is 0 Å². The average Bonchev–Trinajstić information content (AvgIpc) is 2.76. The molecular weight excluding hydrogens is 226 g/mol. The van der Waals surface area contributed by atoms with Gasteiger partial charge in [-0.1, -0.05) is 0 Å². The number of hydrogen-bond acceptors (Lipinski definition) is 5. The lowest BCUT2D eigenvalue weighted by atomic mass is 10.5. The predicted octanol–water partition coefficient (Wildman–Crippen LogP) is -0.0356. The van der Waals surface area contributed by atoms with Crippen LogP contribution in [0.15, 0.2) is 12.7 Å². The molecule has 0 amide bonds. The van der Waals surface area contributed by atoms with E-state index in [1.54, 1.807) is 29.0 Å². The lowest BCUT2D eigenvalue weighted by Crippen LogP contribution is -2.22. The molecule has 86 valence electrons. The molecule has 2 aromatic rings. The lowest BCUT2D eigenvalue weighted by molar-refractivity contribution is 0.322. The van der Waals surface area contributed by atoms with E-state index in [4.69, 9.17) is 10.5 Å². The first kappa shape index (κ1) is 11.2. The van der Waals surface area contributed by atoms with Gasteiger partial charge in [0.1, 0.15) is 5.52 Å². The molecule has 0 saturated carbocycles. The highest BCUT2D eigenvalue weighted by molar-refractivity contribution is 7.99. The van der Waals surface area contributed by atoms with Crippen molar-refractivity contribution < 1.29 is 5.11 Å². The van der Waals surface area contributed by atoms with Gasteiger partial charge in [-0.25, -0.2) is 9.97 Å². The number of H-pyrrole nitrogens is 1. The van der Waals surface area contributed by atoms with E-state index in [0.717, 1.165) is 11.5 Å². The summed E-state index contributed by atoms with van der Waals surface area (Å²) in [7, 11) is 0. The Hall–Kier alpha value is -1.34. The molecule has 0 aliphatic heterocycles. The first-order valence-corrected chi connectivity index (χ1v) is 6.10. The molecule has 3 N–H and O–H groups in total. The number of fused-ring (bicyclic) bond motifs is 1. The summed E-state index contributed by atoms with van der Waals surface area (Å²) in [6, 6.07) is 0. The van der Waals surface area contributed by atoms with E-state index in [0.29, 0.717) is 23.2 Å². The van der Waals surface area contributed by atoms with Crippen molar-refractivity contribution >= 4 is 22.9 Å². The van der Waals surface area contributed by atoms with Crippen molar-refractivity contribution in [3.63, 3.8) is 0 Å². The van der Waals surface area contributed by atoms with Crippen molar-refractivity contribution in [2.45, 2.75) is 6.54 Å². The SMILES string of the molecule is N=c1c2[nH]cnc2ncn1CCSCCO. The van der Waals surface area contributed by atoms with E-state index >= 15 is 0 Å². The molecule has 0 fully saturated rings. The highest BCUT2D eigenvalue weighted by Crippen LogP contribution is 2.01. The molecule has 7 heteroatoms. The number of nitrogens with one attached hydrogen (secondary N) is 2. The Morgan fingerprint density at radius 1 is 1.44 bits per heavy atom. The van der Waals surface area contributed by atoms with Crippen molar-refractivity contribution in [1.82, 2.24) is 19.5 Å². The van der Waals surface area contributed by atoms with Gasteiger partial charge < -0.3 is 14.7 Å². The van der Waals surface area contributed by atoms with Crippen molar-refractivity contribution in [3.8, 4) is 0 Å². The van der Waals surface area contributed by atoms with Crippen molar-refractivity contribution in [3.05, 3.63) is 18.1 Å². The number of aliphatic hydroxyl groups is 1. The van der Waals surface area contributed by atoms with Gasteiger partial charge in [0, 0.05) is 18.1 Å². The molecule has 0 aromatic carbocycles. The normalized spacial score (nSPS) is 11.1. The number of aryl methyl sites for hydroxylation is 1. The van der Waals surface area contributed by atoms with Crippen LogP contribution in [-0.2, 0) is 6.54 Å². The highest BCUT2D eigenvalue weighted by Gasteiger charge is 2.02. The Bertz CT molecular complexity index is 520. The van der Waals surface area contributed by atoms with Crippen molar-refractivity contribution in [2.24, 2.45) is 0 Å². The maximum absolute atomic E-state index is 8.64. The standard InChI is InChI=1S/C9H13N5OS/c10-8-7-9(12-5-11-7)13-6-14(8)1-3-16-4-2-15/h5-6,10,15H,1-4H2,(H,11,12). The first-order chi connectivity index (χ1) is 7.83. The third-order valence-electron chi connectivity index (χ3n) is 2.17. The molecule has 0 radical (unpaired) electrons. The lowest BCUT2D eigenvalue weighted by Gasteiger charge is -2.05. The van der Waals surface area contributed by atoms with Crippen LogP contribution >= 0.6 is 11.8 Å². The Labute approximate surface area is 96.3 Å². The van der Waals surface area contributed by atoms with Gasteiger partial charge in [-0.15, -0.1) is 0 Å². The predicted molar refractivity (Wildman–Crippen MR) is 62.1 cm³/mol. The number of hydrogen-bond donors (Lipinski definition) is 3. The van der Waals surface area contributed by atoms with Crippen LogP contribution in [0.5, 0.6) is 0 Å². The summed E-state index contributed by atoms with van der Waals surface area (Å²) in [6.45, 7) is 0.909. The smallest absolute Gasteiger partial charge is 0.182 e. The van der Waals surface area contributed by atoms with E-state index in [9.17, 15) is 0 Å². The minimum absolute atomic E-state index is 0.195. The molecule has 0 spiro atoms. The van der Waals surface area contributed by atoms with Gasteiger partial charge in [0.15, 0.2) is 11.1 Å². The van der Waals surface area contributed by atoms with E-state index in [1.165, 1.54) is 0 Å². The Morgan fingerprint density at radius 3 is 3.12 bits per heavy atom. The van der Waals surface area contributed by atoms with E-state index in [1.807, 2.05) is 0 Å². The summed E-state index contributed by atoms with van der Waals surface area (Å²) in [5, 5.41) is 16.6. The number of rotatable bonds is 5. The molecule has 6 nitrogen and oxygen atoms in total. The Balaban J connectivity index is 2.12. The molecule has 2 aromatic heterocycles. The topological polar surface area (TPSA) is 90.6 Å². The van der Waals surface area contributed by atoms with Gasteiger partial charge in [-0.2, -0.15) is 11.8 Å². The zero-order chi connectivity index (χ0) is 11.4. The summed E-state index contributed by atoms with van der Waals surface area (Å²) < 4.78 is 1.77. The molecule has 0 aliphatic carbocycles. The van der Waals surface area contributed by atoms with Crippen molar-refractivity contribution in [1.29, 1.82) is 5.41 Å². The van der Waals surface area contributed by atoms with Gasteiger partial charge in [0.05, 0.1) is 19.3 Å². The quantitative estimate of drug-likeness (QED) is 0.639. The van der Waals surface area contributed by atoms with Gasteiger partial charge in [0.25, 0.3) is 0 Å².